The number of benzene rings is 1. The zero-order valence-corrected chi connectivity index (χ0v) is 9.27. The number of hydrogen-bond donors (Lipinski definition) is 0. The third-order valence-electron chi connectivity index (χ3n) is 3.01. The van der Waals surface area contributed by atoms with Crippen LogP contribution in [0.25, 0.3) is 5.57 Å². The van der Waals surface area contributed by atoms with E-state index in [0.29, 0.717) is 5.92 Å². The largest absolute Gasteiger partial charge is 0.207 e. The average Bonchev–Trinajstić information content (AvgIpc) is 2.87. The van der Waals surface area contributed by atoms with Gasteiger partial charge in [-0.3, -0.25) is 0 Å². The Labute approximate surface area is 91.0 Å². The summed E-state index contributed by atoms with van der Waals surface area (Å²) in [5.74, 6) is 0.645. The minimum atomic E-state index is -0.0683. The molecule has 2 heteroatoms. The number of allylic oxidation sites excluding steroid dienone is 2. The van der Waals surface area contributed by atoms with Gasteiger partial charge in [-0.2, -0.15) is 0 Å². The molecule has 0 saturated heterocycles. The lowest BCUT2D eigenvalue weighted by Crippen LogP contribution is -1.91. The lowest BCUT2D eigenvalue weighted by atomic mass is 10.0. The van der Waals surface area contributed by atoms with Gasteiger partial charge in [0.15, 0.2) is 0 Å². The first-order chi connectivity index (χ1) is 6.75. The Hall–Kier alpha value is -0.630. The van der Waals surface area contributed by atoms with Crippen molar-refractivity contribution in [1.29, 1.82) is 0 Å². The minimum absolute atomic E-state index is 0.0683. The van der Waals surface area contributed by atoms with Crippen molar-refractivity contribution in [2.75, 3.05) is 0 Å². The summed E-state index contributed by atoms with van der Waals surface area (Å²) in [7, 11) is 0. The summed E-state index contributed by atoms with van der Waals surface area (Å²) >= 11 is 3.35. The molecule has 1 saturated carbocycles. The molecule has 2 aliphatic carbocycles. The van der Waals surface area contributed by atoms with Crippen molar-refractivity contribution in [3.63, 3.8) is 0 Å². The monoisotopic (exact) mass is 252 g/mol. The Kier molecular flexibility index (Phi) is 1.81. The lowest BCUT2D eigenvalue weighted by molar-refractivity contribution is 0.614. The second-order valence-corrected chi connectivity index (χ2v) is 4.97. The van der Waals surface area contributed by atoms with Gasteiger partial charge >= 0.3 is 0 Å². The average molecular weight is 253 g/mol. The Morgan fingerprint density at radius 2 is 2.07 bits per heavy atom. The van der Waals surface area contributed by atoms with E-state index in [1.54, 1.807) is 6.07 Å². The fourth-order valence-electron chi connectivity index (χ4n) is 2.17. The van der Waals surface area contributed by atoms with E-state index in [9.17, 15) is 4.39 Å². The van der Waals surface area contributed by atoms with E-state index in [-0.39, 0.29) is 5.82 Å². The smallest absolute Gasteiger partial charge is 0.128 e. The van der Waals surface area contributed by atoms with E-state index < -0.39 is 0 Å². The number of hydrogen-bond acceptors (Lipinski definition) is 0. The van der Waals surface area contributed by atoms with Gasteiger partial charge in [0, 0.05) is 4.47 Å². The van der Waals surface area contributed by atoms with Gasteiger partial charge in [-0.15, -0.1) is 0 Å². The van der Waals surface area contributed by atoms with Crippen LogP contribution >= 0.6 is 15.9 Å². The van der Waals surface area contributed by atoms with Crippen molar-refractivity contribution in [1.82, 2.24) is 0 Å². The number of rotatable bonds is 1. The van der Waals surface area contributed by atoms with Gasteiger partial charge in [0.1, 0.15) is 5.82 Å². The molecule has 0 bridgehead atoms. The van der Waals surface area contributed by atoms with Crippen molar-refractivity contribution >= 4 is 21.5 Å². The van der Waals surface area contributed by atoms with Crippen molar-refractivity contribution in [2.45, 2.75) is 19.3 Å². The molecule has 0 unspecified atom stereocenters. The second kappa shape index (κ2) is 2.93. The molecule has 14 heavy (non-hydrogen) atoms. The topological polar surface area (TPSA) is 0 Å². The molecule has 3 rings (SSSR count). The maximum atomic E-state index is 13.5. The second-order valence-electron chi connectivity index (χ2n) is 4.05. The van der Waals surface area contributed by atoms with Crippen LogP contribution in [0.2, 0.25) is 0 Å². The third kappa shape index (κ3) is 1.24. The molecule has 0 heterocycles. The third-order valence-corrected chi connectivity index (χ3v) is 3.47. The molecule has 1 aromatic rings. The van der Waals surface area contributed by atoms with E-state index in [0.717, 1.165) is 22.0 Å². The van der Waals surface area contributed by atoms with Gasteiger partial charge in [-0.25, -0.2) is 4.39 Å². The van der Waals surface area contributed by atoms with E-state index in [1.807, 2.05) is 0 Å². The molecule has 0 spiro atoms. The standard InChI is InChI=1S/C12H10BrF/c13-8-5-11-9(7-1-2-7)3-4-10(11)12(14)6-8/h3,5-7H,1-2,4H2. The van der Waals surface area contributed by atoms with Crippen LogP contribution in [0.1, 0.15) is 24.0 Å². The molecular weight excluding hydrogens is 243 g/mol. The highest BCUT2D eigenvalue weighted by Crippen LogP contribution is 2.46. The Balaban J connectivity index is 2.13. The van der Waals surface area contributed by atoms with Crippen molar-refractivity contribution in [3.8, 4) is 0 Å². The Morgan fingerprint density at radius 1 is 1.29 bits per heavy atom. The van der Waals surface area contributed by atoms with E-state index in [4.69, 9.17) is 0 Å². The first-order valence-electron chi connectivity index (χ1n) is 4.94. The first-order valence-corrected chi connectivity index (χ1v) is 5.73. The molecule has 0 amide bonds. The zero-order chi connectivity index (χ0) is 9.71. The molecule has 0 radical (unpaired) electrons. The van der Waals surface area contributed by atoms with Crippen LogP contribution in [-0.2, 0) is 6.42 Å². The Bertz CT molecular complexity index is 430. The first kappa shape index (κ1) is 8.66. The van der Waals surface area contributed by atoms with Crippen LogP contribution in [0.3, 0.4) is 0 Å². The molecule has 0 nitrogen and oxygen atoms in total. The summed E-state index contributed by atoms with van der Waals surface area (Å²) in [6, 6.07) is 3.61. The fourth-order valence-corrected chi connectivity index (χ4v) is 2.60. The quantitative estimate of drug-likeness (QED) is 0.711. The van der Waals surface area contributed by atoms with Crippen LogP contribution in [0.4, 0.5) is 4.39 Å². The van der Waals surface area contributed by atoms with Crippen LogP contribution in [-0.4, -0.2) is 0 Å². The van der Waals surface area contributed by atoms with Gasteiger partial charge in [0.25, 0.3) is 0 Å². The highest BCUT2D eigenvalue weighted by atomic mass is 79.9. The summed E-state index contributed by atoms with van der Waals surface area (Å²) in [4.78, 5) is 0. The van der Waals surface area contributed by atoms with Crippen LogP contribution < -0.4 is 0 Å². The van der Waals surface area contributed by atoms with Crippen LogP contribution in [0, 0.1) is 11.7 Å². The van der Waals surface area contributed by atoms with E-state index >= 15 is 0 Å². The van der Waals surface area contributed by atoms with Gasteiger partial charge < -0.3 is 0 Å². The zero-order valence-electron chi connectivity index (χ0n) is 7.69. The molecule has 2 aliphatic rings. The maximum absolute atomic E-state index is 13.5. The maximum Gasteiger partial charge on any atom is 0.128 e. The van der Waals surface area contributed by atoms with Gasteiger partial charge in [-0.05, 0) is 54.0 Å². The van der Waals surface area contributed by atoms with Crippen LogP contribution in [0.5, 0.6) is 0 Å². The summed E-state index contributed by atoms with van der Waals surface area (Å²) in [5.41, 5.74) is 3.40. The van der Waals surface area contributed by atoms with Gasteiger partial charge in [0.2, 0.25) is 0 Å². The lowest BCUT2D eigenvalue weighted by Gasteiger charge is -2.06. The van der Waals surface area contributed by atoms with Crippen LogP contribution in [0.15, 0.2) is 22.7 Å². The van der Waals surface area contributed by atoms with E-state index in [2.05, 4.69) is 28.1 Å². The normalized spacial score (nSPS) is 19.4. The number of halogens is 2. The summed E-state index contributed by atoms with van der Waals surface area (Å²) in [6.07, 6.45) is 5.52. The van der Waals surface area contributed by atoms with Crippen molar-refractivity contribution in [3.05, 3.63) is 39.6 Å². The summed E-state index contributed by atoms with van der Waals surface area (Å²) in [6.45, 7) is 0. The van der Waals surface area contributed by atoms with Gasteiger partial charge in [-0.1, -0.05) is 22.0 Å². The molecule has 0 atom stereocenters. The number of fused-ring (bicyclic) bond motifs is 1. The molecule has 1 aromatic carbocycles. The fraction of sp³-hybridized carbons (Fsp3) is 0.333. The Morgan fingerprint density at radius 3 is 2.79 bits per heavy atom. The predicted molar refractivity (Wildman–Crippen MR) is 58.5 cm³/mol. The highest BCUT2D eigenvalue weighted by molar-refractivity contribution is 9.10. The molecule has 0 N–H and O–H groups in total. The highest BCUT2D eigenvalue weighted by Gasteiger charge is 2.31. The van der Waals surface area contributed by atoms with Crippen molar-refractivity contribution < 1.29 is 4.39 Å². The molecule has 0 aliphatic heterocycles. The minimum Gasteiger partial charge on any atom is -0.207 e. The molecular formula is C12H10BrF. The molecule has 0 aromatic heterocycles. The van der Waals surface area contributed by atoms with E-state index in [1.165, 1.54) is 18.4 Å². The summed E-state index contributed by atoms with van der Waals surface area (Å²) < 4.78 is 14.4. The van der Waals surface area contributed by atoms with Gasteiger partial charge in [0.05, 0.1) is 0 Å². The predicted octanol–water partition coefficient (Wildman–Crippen LogP) is 3.94. The summed E-state index contributed by atoms with van der Waals surface area (Å²) in [5, 5.41) is 0. The SMILES string of the molecule is Fc1cc(Br)cc2c1CC=C2C1CC1. The molecule has 72 valence electrons. The molecule has 1 fully saturated rings. The van der Waals surface area contributed by atoms with Crippen molar-refractivity contribution in [2.24, 2.45) is 5.92 Å².